The monoisotopic (exact) mass is 582 g/mol. The van der Waals surface area contributed by atoms with Gasteiger partial charge in [-0.05, 0) is 74.2 Å². The van der Waals surface area contributed by atoms with E-state index in [4.69, 9.17) is 9.47 Å². The van der Waals surface area contributed by atoms with Crippen molar-refractivity contribution in [2.75, 3.05) is 0 Å². The van der Waals surface area contributed by atoms with Crippen LogP contribution >= 0.6 is 21.6 Å². The fourth-order valence-electron chi connectivity index (χ4n) is 3.66. The Morgan fingerprint density at radius 2 is 0.895 bits per heavy atom. The number of alkyl halides is 6. The van der Waals surface area contributed by atoms with Gasteiger partial charge in [0.1, 0.15) is 11.5 Å². The summed E-state index contributed by atoms with van der Waals surface area (Å²) in [4.78, 5) is 1.61. The van der Waals surface area contributed by atoms with Crippen LogP contribution in [0.5, 0.6) is 11.5 Å². The fraction of sp³-hybridized carbons (Fsp3) is 0.571. The third kappa shape index (κ3) is 12.5. The lowest BCUT2D eigenvalue weighted by atomic mass is 10.1. The molecule has 2 atom stereocenters. The Bertz CT molecular complexity index is 826. The van der Waals surface area contributed by atoms with Crippen LogP contribution in [0.1, 0.15) is 78.1 Å². The molecule has 0 heterocycles. The van der Waals surface area contributed by atoms with E-state index in [9.17, 15) is 26.3 Å². The van der Waals surface area contributed by atoms with Crippen LogP contribution in [-0.2, 0) is 0 Å². The van der Waals surface area contributed by atoms with Crippen molar-refractivity contribution in [2.45, 2.75) is 112 Å². The van der Waals surface area contributed by atoms with Gasteiger partial charge in [-0.2, -0.15) is 26.3 Å². The van der Waals surface area contributed by atoms with Crippen LogP contribution in [-0.4, -0.2) is 24.6 Å². The molecule has 2 unspecified atom stereocenters. The highest BCUT2D eigenvalue weighted by molar-refractivity contribution is 8.76. The second-order valence-corrected chi connectivity index (χ2v) is 11.4. The first-order chi connectivity index (χ1) is 18.0. The molecule has 214 valence electrons. The van der Waals surface area contributed by atoms with Gasteiger partial charge < -0.3 is 9.47 Å². The van der Waals surface area contributed by atoms with Gasteiger partial charge in [0, 0.05) is 9.79 Å². The molecule has 0 bridgehead atoms. The van der Waals surface area contributed by atoms with E-state index in [1.165, 1.54) is 45.9 Å². The first-order valence-corrected chi connectivity index (χ1v) is 15.2. The van der Waals surface area contributed by atoms with Gasteiger partial charge in [-0.3, -0.25) is 0 Å². The van der Waals surface area contributed by atoms with E-state index in [0.29, 0.717) is 12.8 Å². The van der Waals surface area contributed by atoms with Crippen LogP contribution in [0.4, 0.5) is 26.3 Å². The van der Waals surface area contributed by atoms with Crippen LogP contribution in [0, 0.1) is 0 Å². The Morgan fingerprint density at radius 3 is 1.18 bits per heavy atom. The van der Waals surface area contributed by atoms with Gasteiger partial charge in [0.05, 0.1) is 0 Å². The summed E-state index contributed by atoms with van der Waals surface area (Å²) in [6.45, 7) is 4.01. The number of benzene rings is 2. The minimum atomic E-state index is -4.43. The lowest BCUT2D eigenvalue weighted by Crippen LogP contribution is -2.34. The topological polar surface area (TPSA) is 18.5 Å². The first-order valence-electron chi connectivity index (χ1n) is 13.0. The molecule has 0 fully saturated rings. The van der Waals surface area contributed by atoms with E-state index < -0.39 is 24.6 Å². The third-order valence-corrected chi connectivity index (χ3v) is 8.23. The molecule has 0 N–H and O–H groups in total. The Balaban J connectivity index is 1.87. The van der Waals surface area contributed by atoms with Gasteiger partial charge in [-0.25, -0.2) is 0 Å². The van der Waals surface area contributed by atoms with Gasteiger partial charge >= 0.3 is 12.4 Å². The van der Waals surface area contributed by atoms with Crippen LogP contribution < -0.4 is 9.47 Å². The van der Waals surface area contributed by atoms with E-state index in [-0.39, 0.29) is 24.3 Å². The molecular weight excluding hydrogens is 546 g/mol. The Kier molecular flexibility index (Phi) is 14.1. The molecular formula is C28H36F6O2S2. The highest BCUT2D eigenvalue weighted by Crippen LogP contribution is 2.39. The van der Waals surface area contributed by atoms with E-state index in [1.807, 2.05) is 13.8 Å². The number of ether oxygens (including phenoxy) is 2. The van der Waals surface area contributed by atoms with Crippen molar-refractivity contribution < 1.29 is 35.8 Å². The summed E-state index contributed by atoms with van der Waals surface area (Å²) in [5, 5.41) is 0. The molecule has 0 saturated heterocycles. The number of hydrogen-bond acceptors (Lipinski definition) is 4. The van der Waals surface area contributed by atoms with Crippen LogP contribution in [0.2, 0.25) is 0 Å². The fourth-order valence-corrected chi connectivity index (χ4v) is 5.59. The predicted octanol–water partition coefficient (Wildman–Crippen LogP) is 11.0. The lowest BCUT2D eigenvalue weighted by Gasteiger charge is -2.22. The van der Waals surface area contributed by atoms with Crippen LogP contribution in [0.25, 0.3) is 0 Å². The molecule has 0 saturated carbocycles. The van der Waals surface area contributed by atoms with Gasteiger partial charge in [0.25, 0.3) is 0 Å². The standard InChI is InChI=1S/C28H36F6O2S2/c1-3-5-7-9-11-25(27(29,30)31)35-21-13-17-23(18-14-21)37-38-24-19-15-22(16-20-24)36-26(28(32,33)34)12-10-8-6-4-2/h13-20,25-26H,3-12H2,1-2H3. The van der Waals surface area contributed by atoms with Gasteiger partial charge in [-0.1, -0.05) is 74.0 Å². The number of rotatable bonds is 17. The summed E-state index contributed by atoms with van der Waals surface area (Å²) in [6.07, 6.45) is -6.56. The van der Waals surface area contributed by atoms with E-state index in [2.05, 4.69) is 0 Å². The maximum Gasteiger partial charge on any atom is 0.425 e. The molecule has 0 aliphatic rings. The summed E-state index contributed by atoms with van der Waals surface area (Å²) in [5.74, 6) is 0.320. The molecule has 10 heteroatoms. The molecule has 2 aromatic carbocycles. The van der Waals surface area contributed by atoms with Crippen molar-refractivity contribution in [1.29, 1.82) is 0 Å². The smallest absolute Gasteiger partial charge is 0.425 e. The molecule has 0 spiro atoms. The van der Waals surface area contributed by atoms with E-state index >= 15 is 0 Å². The van der Waals surface area contributed by atoms with Crippen LogP contribution in [0.3, 0.4) is 0 Å². The average molecular weight is 583 g/mol. The molecule has 2 nitrogen and oxygen atoms in total. The molecule has 0 aliphatic heterocycles. The van der Waals surface area contributed by atoms with Crippen molar-refractivity contribution in [1.82, 2.24) is 0 Å². The van der Waals surface area contributed by atoms with Crippen molar-refractivity contribution in [3.63, 3.8) is 0 Å². The van der Waals surface area contributed by atoms with Crippen molar-refractivity contribution in [2.24, 2.45) is 0 Å². The summed E-state index contributed by atoms with van der Waals surface area (Å²) in [7, 11) is 2.77. The minimum Gasteiger partial charge on any atom is -0.481 e. The number of halogens is 6. The second kappa shape index (κ2) is 16.4. The van der Waals surface area contributed by atoms with Crippen molar-refractivity contribution >= 4 is 21.6 Å². The van der Waals surface area contributed by atoms with Gasteiger partial charge in [0.15, 0.2) is 12.2 Å². The molecule has 38 heavy (non-hydrogen) atoms. The largest absolute Gasteiger partial charge is 0.481 e. The molecule has 0 amide bonds. The molecule has 2 aromatic rings. The molecule has 0 aliphatic carbocycles. The van der Waals surface area contributed by atoms with Crippen molar-refractivity contribution in [3.05, 3.63) is 48.5 Å². The highest BCUT2D eigenvalue weighted by atomic mass is 33.1. The highest BCUT2D eigenvalue weighted by Gasteiger charge is 2.42. The zero-order valence-corrected chi connectivity index (χ0v) is 23.4. The lowest BCUT2D eigenvalue weighted by molar-refractivity contribution is -0.197. The van der Waals surface area contributed by atoms with Gasteiger partial charge in [0.2, 0.25) is 0 Å². The normalized spacial score (nSPS) is 13.8. The quantitative estimate of drug-likeness (QED) is 0.105. The SMILES string of the molecule is CCCCCCC(Oc1ccc(SSc2ccc(OC(CCCCCC)C(F)(F)F)cc2)cc1)C(F)(F)F. The second-order valence-electron chi connectivity index (χ2n) is 9.10. The maximum atomic E-state index is 13.3. The number of unbranched alkanes of at least 4 members (excludes halogenated alkanes) is 6. The van der Waals surface area contributed by atoms with Crippen LogP contribution in [0.15, 0.2) is 58.3 Å². The van der Waals surface area contributed by atoms with E-state index in [1.54, 1.807) is 24.3 Å². The maximum absolute atomic E-state index is 13.3. The Morgan fingerprint density at radius 1 is 0.553 bits per heavy atom. The summed E-state index contributed by atoms with van der Waals surface area (Å²) < 4.78 is 90.6. The summed E-state index contributed by atoms with van der Waals surface area (Å²) in [6, 6.07) is 12.8. The Hall–Kier alpha value is -1.68. The first kappa shape index (κ1) is 32.5. The third-order valence-electron chi connectivity index (χ3n) is 5.81. The minimum absolute atomic E-state index is 0.0713. The molecule has 0 radical (unpaired) electrons. The zero-order chi connectivity index (χ0) is 28.0. The molecule has 2 rings (SSSR count). The predicted molar refractivity (Wildman–Crippen MR) is 143 cm³/mol. The average Bonchev–Trinajstić information content (AvgIpc) is 2.86. The summed E-state index contributed by atoms with van der Waals surface area (Å²) >= 11 is 0. The number of hydrogen-bond donors (Lipinski definition) is 0. The molecule has 0 aromatic heterocycles. The van der Waals surface area contributed by atoms with E-state index in [0.717, 1.165) is 48.3 Å². The zero-order valence-electron chi connectivity index (χ0n) is 21.7. The summed E-state index contributed by atoms with van der Waals surface area (Å²) in [5.41, 5.74) is 0. The Labute approximate surface area is 229 Å². The van der Waals surface area contributed by atoms with Gasteiger partial charge in [-0.15, -0.1) is 0 Å². The van der Waals surface area contributed by atoms with Crippen molar-refractivity contribution in [3.8, 4) is 11.5 Å².